The monoisotopic (exact) mass is 2030 g/mol. The summed E-state index contributed by atoms with van der Waals surface area (Å²) in [7, 11) is 5.25. The first-order valence-corrected chi connectivity index (χ1v) is 47.8. The Bertz CT molecular complexity index is 5730. The smallest absolute Gasteiger partial charge is 0.870 e. The third-order valence-corrected chi connectivity index (χ3v) is 25.4. The Labute approximate surface area is 858 Å². The standard InChI is InChI=1S/C21H27N3O5.C20H25N3O5.C19H24N2O5.C18H22N2O5.C14H16N2O3.C7H13NO3.C3H7NO2.Li.H2O/c1-11(2)17(22-12(3)25)19(26)23-15-9-8-13-6-5-7-14-10-16(21(28)29-4)24(18(13)14)20(15)27;1-10(2)16(21-11(3)24)18(25)22-14-8-7-12-5-4-6-13-9-15(20(27)28)23(17(12)13)19(14)26;1-19(2,3)26-18(24)20-13-9-8-11-6-5-7-12-10-14(17(23)25-4)21(15(11)12)16(13)22;1-18(2,3)25-17(24)19-12-8-7-10-5-4-6-11-9-13(16(22)23)20(14(10)11)15(12)21;1-19-14(18)11-7-9-4-2-3-8-5-6-10(15)13(17)16(11)12(8)9;1-4(2)6(7(10)11)8-5(3)9;1-6-3(5)2-4;;/h5-7,11,15-17H,8-10H2,1-4H3,(H,22,25)(H,23,26);4-6,10,14-16H,7-9H2,1-3H3,(H,21,24)(H,22,25)(H,27,28);5-7,13-14H,8-10H2,1-4H3,(H,20,24);4-6,12-13H,7-9H2,1-3H3,(H,19,24)(H,22,23);2-4,10-11H,5-7,15H2,1H3;4,6H,1-3H3,(H,8,9)(H,10,11);2,4H2,1H3;;1H2/q;;;;;;;+1;/p-1/t15-,16-,17-;14-,15-,16-;13-,14-;12-,13-;10-,11-;6-;;;/m000000.../s1. The van der Waals surface area contributed by atoms with Crippen molar-refractivity contribution in [2.75, 3.05) is 59.5 Å². The molecule has 44 heteroatoms. The number of para-hydroxylation sites is 5. The minimum atomic E-state index is -1.07. The Morgan fingerprint density at radius 1 is 0.363 bits per heavy atom. The van der Waals surface area contributed by atoms with E-state index in [9.17, 15) is 101 Å². The summed E-state index contributed by atoms with van der Waals surface area (Å²) in [5, 5.41) is 46.1. The van der Waals surface area contributed by atoms with E-state index < -0.39 is 155 Å². The van der Waals surface area contributed by atoms with Crippen LogP contribution in [0, 0.1) is 17.8 Å². The molecule has 12 amide bonds. The van der Waals surface area contributed by atoms with Gasteiger partial charge in [0.1, 0.15) is 83.7 Å². The number of nitrogens with one attached hydrogen (secondary N) is 7. The Balaban J connectivity index is 0.000000238. The number of methoxy groups -OCH3 is 4. The van der Waals surface area contributed by atoms with Crippen LogP contribution < -0.4 is 92.0 Å². The van der Waals surface area contributed by atoms with Crippen molar-refractivity contribution in [3.8, 4) is 0 Å². The van der Waals surface area contributed by atoms with Gasteiger partial charge in [0.05, 0.1) is 69.5 Å². The van der Waals surface area contributed by atoms with Gasteiger partial charge in [0.2, 0.25) is 47.3 Å². The molecule has 146 heavy (non-hydrogen) atoms. The van der Waals surface area contributed by atoms with Gasteiger partial charge in [0, 0.05) is 52.9 Å². The van der Waals surface area contributed by atoms with Crippen LogP contribution in [0.5, 0.6) is 0 Å². The van der Waals surface area contributed by atoms with E-state index in [0.717, 1.165) is 79.1 Å². The molecule has 0 fully saturated rings. The molecule has 15 rings (SSSR count). The Morgan fingerprint density at radius 2 is 0.596 bits per heavy atom. The van der Waals surface area contributed by atoms with Gasteiger partial charge in [-0.05, 0) is 179 Å². The zero-order chi connectivity index (χ0) is 107. The number of aryl methyl sites for hydroxylation is 5. The number of nitrogens with two attached hydrogens (primary N) is 2. The van der Waals surface area contributed by atoms with Crippen molar-refractivity contribution in [1.82, 2.24) is 37.2 Å². The normalized spacial score (nSPS) is 20.6. The van der Waals surface area contributed by atoms with Gasteiger partial charge >= 0.3 is 72.8 Å². The zero-order valence-electron chi connectivity index (χ0n) is 86.1. The van der Waals surface area contributed by atoms with Gasteiger partial charge < -0.3 is 97.9 Å². The number of alkyl carbamates (subject to hydrolysis) is 2. The van der Waals surface area contributed by atoms with Gasteiger partial charge in [-0.3, -0.25) is 77.2 Å². The van der Waals surface area contributed by atoms with Crippen molar-refractivity contribution >= 4 is 141 Å². The van der Waals surface area contributed by atoms with E-state index in [1.54, 1.807) is 74.1 Å². The number of carbonyl (C=O) groups excluding carboxylic acids is 16. The largest absolute Gasteiger partial charge is 1.00 e. The summed E-state index contributed by atoms with van der Waals surface area (Å²) < 4.78 is 29.2. The summed E-state index contributed by atoms with van der Waals surface area (Å²) in [5.74, 6) is -8.65. The SMILES string of the molecule is CC(=O)N[C@H](C(=O)N[C@H]1CCc2cccc3c2N(C1=O)[C@H](C(=O)O)C3)C(C)C.CC(=O)N[C@H](C(=O)O)C(C)C.CC(C)(C)OC(=O)N[C@H]1CCc2cccc3c2N(C1=O)[C@H](C(=O)O)C3.COC(=O)CN.COC(=O)[C@@H]1Cc2cccc3c2N1C(=O)[C@@H](N)CC3.COC(=O)[C@@H]1Cc2cccc3c2N1C(=O)[C@@H](NC(=O)OC(C)(C)C)CC3.COC(=O)[C@@H]1Cc2cccc3c2N1C(=O)[C@@H](NC(=O)[C@@H](NC(C)=O)C(C)C)CC3.[Li+].[OH-]. The first kappa shape index (κ1) is 119. The van der Waals surface area contributed by atoms with E-state index in [1.807, 2.05) is 105 Å². The number of rotatable bonds is 19. The molecular formula is C102H135LiN14O29. The van der Waals surface area contributed by atoms with Gasteiger partial charge in [0.25, 0.3) is 11.8 Å². The van der Waals surface area contributed by atoms with E-state index in [-0.39, 0.29) is 109 Å². The van der Waals surface area contributed by atoms with Crippen LogP contribution in [0.2, 0.25) is 0 Å². The number of aliphatic carboxylic acids is 3. The zero-order valence-corrected chi connectivity index (χ0v) is 86.1. The molecule has 5 aromatic carbocycles. The molecule has 0 spiro atoms. The van der Waals surface area contributed by atoms with Crippen molar-refractivity contribution in [3.05, 3.63) is 147 Å². The fourth-order valence-corrected chi connectivity index (χ4v) is 18.8. The van der Waals surface area contributed by atoms with Gasteiger partial charge in [-0.25, -0.2) is 38.4 Å². The Kier molecular flexibility index (Phi) is 42.2. The number of ether oxygens (including phenoxy) is 6. The molecule has 0 aliphatic carbocycles. The number of hydrogen-bond donors (Lipinski definition) is 12. The summed E-state index contributed by atoms with van der Waals surface area (Å²) in [6.07, 6.45) is 5.89. The van der Waals surface area contributed by atoms with E-state index in [1.165, 1.54) is 68.8 Å². The summed E-state index contributed by atoms with van der Waals surface area (Å²) >= 11 is 0. The maximum Gasteiger partial charge on any atom is 1.00 e. The van der Waals surface area contributed by atoms with Crippen LogP contribution in [-0.2, 0) is 174 Å². The van der Waals surface area contributed by atoms with Crippen LogP contribution in [-0.4, -0.2) is 259 Å². The van der Waals surface area contributed by atoms with Crippen LogP contribution in [0.1, 0.15) is 192 Å². The predicted octanol–water partition coefficient (Wildman–Crippen LogP) is 1.72. The second-order valence-electron chi connectivity index (χ2n) is 39.2. The molecule has 788 valence electrons. The molecule has 10 heterocycles. The molecule has 43 nitrogen and oxygen atoms in total. The van der Waals surface area contributed by atoms with E-state index >= 15 is 0 Å². The predicted molar refractivity (Wildman–Crippen MR) is 526 cm³/mol. The van der Waals surface area contributed by atoms with Gasteiger partial charge in [-0.15, -0.1) is 0 Å². The van der Waals surface area contributed by atoms with Crippen molar-refractivity contribution in [2.24, 2.45) is 29.2 Å². The number of carbonyl (C=O) groups is 19. The minimum absolute atomic E-state index is 0. The number of carboxylic acids is 3. The van der Waals surface area contributed by atoms with Gasteiger partial charge in [0.15, 0.2) is 0 Å². The quantitative estimate of drug-likeness (QED) is 0.0318. The molecule has 13 atom stereocenters. The Hall–Kier alpha value is -13.9. The van der Waals surface area contributed by atoms with Crippen molar-refractivity contribution in [1.29, 1.82) is 0 Å². The molecule has 0 saturated heterocycles. The summed E-state index contributed by atoms with van der Waals surface area (Å²) in [4.78, 5) is 236. The Morgan fingerprint density at radius 3 is 0.808 bits per heavy atom. The number of nitrogens with zero attached hydrogens (tertiary/aromatic N) is 5. The number of anilines is 5. The molecule has 0 aromatic heterocycles. The number of carboxylic acid groups (broad SMARTS) is 3. The second kappa shape index (κ2) is 51.7. The van der Waals surface area contributed by atoms with E-state index in [4.69, 9.17) is 40.3 Å². The van der Waals surface area contributed by atoms with Crippen molar-refractivity contribution in [3.63, 3.8) is 0 Å². The topological polar surface area (TPSA) is 623 Å². The molecule has 0 bridgehead atoms. The summed E-state index contributed by atoms with van der Waals surface area (Å²) in [6, 6.07) is 18.8. The molecular weight excluding hydrogens is 1890 g/mol. The number of esters is 4. The van der Waals surface area contributed by atoms with Crippen molar-refractivity contribution in [2.45, 2.75) is 290 Å². The molecule has 10 aliphatic heterocycles. The third-order valence-electron chi connectivity index (χ3n) is 25.4. The number of benzene rings is 5. The first-order chi connectivity index (χ1) is 67.7. The summed E-state index contributed by atoms with van der Waals surface area (Å²) in [6.45, 7) is 25.2. The average Bonchev–Trinajstić information content (AvgIpc) is 1.70. The molecule has 5 aromatic rings. The fraction of sp³-hybridized carbons (Fsp3) is 0.520. The second-order valence-corrected chi connectivity index (χ2v) is 39.2. The van der Waals surface area contributed by atoms with E-state index in [2.05, 4.69) is 42.0 Å². The fourth-order valence-electron chi connectivity index (χ4n) is 18.8. The van der Waals surface area contributed by atoms with Crippen molar-refractivity contribution < 1.29 is 159 Å². The first-order valence-electron chi connectivity index (χ1n) is 47.8. The van der Waals surface area contributed by atoms with Gasteiger partial charge in [-0.1, -0.05) is 133 Å². The van der Waals surface area contributed by atoms with E-state index in [0.29, 0.717) is 88.4 Å². The van der Waals surface area contributed by atoms with Crippen LogP contribution in [0.3, 0.4) is 0 Å². The van der Waals surface area contributed by atoms with Crippen LogP contribution in [0.15, 0.2) is 91.0 Å². The molecule has 10 aliphatic rings. The number of hydrogen-bond acceptors (Lipinski definition) is 28. The minimum Gasteiger partial charge on any atom is -0.870 e. The maximum atomic E-state index is 13.4. The third kappa shape index (κ3) is 29.1. The maximum absolute atomic E-state index is 13.4. The van der Waals surface area contributed by atoms with Crippen LogP contribution >= 0.6 is 0 Å². The van der Waals surface area contributed by atoms with Crippen LogP contribution in [0.4, 0.5) is 38.0 Å². The average molecular weight is 2030 g/mol. The molecule has 0 radical (unpaired) electrons. The number of amides is 12. The summed E-state index contributed by atoms with van der Waals surface area (Å²) in [5.41, 5.74) is 22.6. The molecule has 15 N–H and O–H groups in total. The molecule has 0 saturated carbocycles. The van der Waals surface area contributed by atoms with Crippen LogP contribution in [0.25, 0.3) is 0 Å². The molecule has 0 unspecified atom stereocenters. The van der Waals surface area contributed by atoms with Gasteiger partial charge in [-0.2, -0.15) is 0 Å².